The van der Waals surface area contributed by atoms with E-state index < -0.39 is 17.6 Å². The Labute approximate surface area is 175 Å². The number of benzene rings is 1. The highest BCUT2D eigenvalue weighted by atomic mass is 35.5. The Morgan fingerprint density at radius 1 is 1.17 bits per heavy atom. The highest BCUT2D eigenvalue weighted by Gasteiger charge is 2.62. The molecule has 1 spiro atoms. The molecular weight excluding hydrogens is 401 g/mol. The first-order chi connectivity index (χ1) is 13.5. The Morgan fingerprint density at radius 2 is 1.76 bits per heavy atom. The van der Waals surface area contributed by atoms with Gasteiger partial charge in [-0.15, -0.1) is 0 Å². The second-order valence-corrected chi connectivity index (χ2v) is 10.3. The standard InChI is InChI=1S/C22H28ClF3N2O/c1-20(2,19(29)27-17-8-6-16(23)7-9-17)15-10-21(11-15)12-28(13-21)18(22(24,25)26)14-4-3-5-14/h6-9,14-15,18H,3-5,10-13H2,1-2H3,(H,27,29). The Balaban J connectivity index is 1.32. The number of alkyl halides is 3. The lowest BCUT2D eigenvalue weighted by atomic mass is 9.50. The van der Waals surface area contributed by atoms with Gasteiger partial charge >= 0.3 is 6.18 Å². The van der Waals surface area contributed by atoms with Gasteiger partial charge in [0.2, 0.25) is 5.91 Å². The molecule has 2 aliphatic carbocycles. The van der Waals surface area contributed by atoms with Crippen molar-refractivity contribution in [1.29, 1.82) is 0 Å². The van der Waals surface area contributed by atoms with Gasteiger partial charge < -0.3 is 5.32 Å². The highest BCUT2D eigenvalue weighted by molar-refractivity contribution is 6.30. The van der Waals surface area contributed by atoms with Gasteiger partial charge in [0.25, 0.3) is 0 Å². The molecule has 1 heterocycles. The maximum atomic E-state index is 13.5. The number of hydrogen-bond donors (Lipinski definition) is 1. The molecule has 3 aliphatic rings. The van der Waals surface area contributed by atoms with E-state index in [1.165, 1.54) is 0 Å². The molecule has 7 heteroatoms. The van der Waals surface area contributed by atoms with E-state index in [4.69, 9.17) is 11.6 Å². The van der Waals surface area contributed by atoms with Crippen LogP contribution in [0.4, 0.5) is 18.9 Å². The molecular formula is C22H28ClF3N2O. The average Bonchev–Trinajstić information content (AvgIpc) is 2.50. The molecule has 1 saturated heterocycles. The van der Waals surface area contributed by atoms with Crippen molar-refractivity contribution in [2.45, 2.75) is 58.2 Å². The van der Waals surface area contributed by atoms with Crippen LogP contribution in [0, 0.1) is 22.7 Å². The summed E-state index contributed by atoms with van der Waals surface area (Å²) in [5.74, 6) is -0.103. The third kappa shape index (κ3) is 3.90. The number of amides is 1. The number of carbonyl (C=O) groups is 1. The minimum atomic E-state index is -4.15. The molecule has 3 nitrogen and oxygen atoms in total. The van der Waals surface area contributed by atoms with Gasteiger partial charge in [0.05, 0.1) is 0 Å². The van der Waals surface area contributed by atoms with Crippen molar-refractivity contribution in [2.75, 3.05) is 18.4 Å². The molecule has 3 fully saturated rings. The quantitative estimate of drug-likeness (QED) is 0.647. The van der Waals surface area contributed by atoms with Gasteiger partial charge in [0.15, 0.2) is 0 Å². The Morgan fingerprint density at radius 3 is 2.24 bits per heavy atom. The third-order valence-electron chi connectivity index (χ3n) is 7.47. The molecule has 1 atom stereocenters. The smallest absolute Gasteiger partial charge is 0.326 e. The summed E-state index contributed by atoms with van der Waals surface area (Å²) in [6.07, 6.45) is -0.217. The molecule has 1 aliphatic heterocycles. The number of anilines is 1. The van der Waals surface area contributed by atoms with Crippen molar-refractivity contribution in [3.05, 3.63) is 29.3 Å². The van der Waals surface area contributed by atoms with E-state index in [0.717, 1.165) is 19.3 Å². The summed E-state index contributed by atoms with van der Waals surface area (Å²) < 4.78 is 40.6. The lowest BCUT2D eigenvalue weighted by molar-refractivity contribution is -0.246. The van der Waals surface area contributed by atoms with Crippen LogP contribution in [0.3, 0.4) is 0 Å². The zero-order chi connectivity index (χ0) is 21.0. The van der Waals surface area contributed by atoms with E-state index in [-0.39, 0.29) is 23.2 Å². The van der Waals surface area contributed by atoms with Crippen molar-refractivity contribution in [3.8, 4) is 0 Å². The van der Waals surface area contributed by atoms with Gasteiger partial charge in [-0.3, -0.25) is 9.69 Å². The zero-order valence-electron chi connectivity index (χ0n) is 16.9. The SMILES string of the molecule is CC(C)(C(=O)Nc1ccc(Cl)cc1)C1CC2(C1)CN(C(C1CCC1)C(F)(F)F)C2. The molecule has 29 heavy (non-hydrogen) atoms. The first kappa shape index (κ1) is 21.0. The minimum absolute atomic E-state index is 0.0320. The van der Waals surface area contributed by atoms with Gasteiger partial charge in [-0.2, -0.15) is 13.2 Å². The van der Waals surface area contributed by atoms with Gasteiger partial charge in [-0.25, -0.2) is 0 Å². The average molecular weight is 429 g/mol. The van der Waals surface area contributed by atoms with Crippen LogP contribution in [0.1, 0.15) is 46.0 Å². The highest BCUT2D eigenvalue weighted by Crippen LogP contribution is 2.59. The summed E-state index contributed by atoms with van der Waals surface area (Å²) >= 11 is 5.88. The second kappa shape index (κ2) is 7.16. The minimum Gasteiger partial charge on any atom is -0.326 e. The molecule has 0 bridgehead atoms. The van der Waals surface area contributed by atoms with Crippen LogP contribution in [0.5, 0.6) is 0 Å². The van der Waals surface area contributed by atoms with E-state index >= 15 is 0 Å². The van der Waals surface area contributed by atoms with Crippen molar-refractivity contribution >= 4 is 23.2 Å². The van der Waals surface area contributed by atoms with Gasteiger partial charge in [-0.05, 0) is 67.2 Å². The second-order valence-electron chi connectivity index (χ2n) is 9.87. The van der Waals surface area contributed by atoms with Crippen molar-refractivity contribution in [3.63, 3.8) is 0 Å². The lowest BCUT2D eigenvalue weighted by Crippen LogP contribution is -2.70. The first-order valence-electron chi connectivity index (χ1n) is 10.4. The fraction of sp³-hybridized carbons (Fsp3) is 0.682. The van der Waals surface area contributed by atoms with Gasteiger partial charge in [-0.1, -0.05) is 31.9 Å². The Hall–Kier alpha value is -1.27. The summed E-state index contributed by atoms with van der Waals surface area (Å²) in [5.41, 5.74) is 0.100. The predicted molar refractivity (Wildman–Crippen MR) is 108 cm³/mol. The molecule has 0 aromatic heterocycles. The van der Waals surface area contributed by atoms with E-state index in [2.05, 4.69) is 5.32 Å². The first-order valence-corrected chi connectivity index (χ1v) is 10.8. The van der Waals surface area contributed by atoms with Crippen molar-refractivity contribution in [2.24, 2.45) is 22.7 Å². The van der Waals surface area contributed by atoms with Crippen LogP contribution >= 0.6 is 11.6 Å². The molecule has 1 N–H and O–H groups in total. The van der Waals surface area contributed by atoms with Crippen LogP contribution in [0.25, 0.3) is 0 Å². The number of nitrogens with one attached hydrogen (secondary N) is 1. The summed E-state index contributed by atoms with van der Waals surface area (Å²) in [7, 11) is 0. The number of nitrogens with zero attached hydrogens (tertiary/aromatic N) is 1. The maximum Gasteiger partial charge on any atom is 0.404 e. The topological polar surface area (TPSA) is 32.3 Å². The van der Waals surface area contributed by atoms with Crippen molar-refractivity contribution < 1.29 is 18.0 Å². The lowest BCUT2D eigenvalue weighted by Gasteiger charge is -2.64. The largest absolute Gasteiger partial charge is 0.404 e. The normalized spacial score (nSPS) is 23.8. The number of carbonyl (C=O) groups excluding carboxylic acids is 1. The van der Waals surface area contributed by atoms with Crippen LogP contribution in [-0.4, -0.2) is 36.1 Å². The summed E-state index contributed by atoms with van der Waals surface area (Å²) in [6.45, 7) is 4.89. The predicted octanol–water partition coefficient (Wildman–Crippen LogP) is 5.75. The van der Waals surface area contributed by atoms with Crippen LogP contribution in [0.2, 0.25) is 5.02 Å². The molecule has 0 radical (unpaired) electrons. The Kier molecular flexibility index (Phi) is 5.18. The Bertz CT molecular complexity index is 759. The fourth-order valence-electron chi connectivity index (χ4n) is 5.30. The fourth-order valence-corrected chi connectivity index (χ4v) is 5.43. The molecule has 1 aromatic carbocycles. The van der Waals surface area contributed by atoms with Crippen molar-refractivity contribution in [1.82, 2.24) is 4.90 Å². The van der Waals surface area contributed by atoms with Gasteiger partial charge in [0, 0.05) is 29.2 Å². The van der Waals surface area contributed by atoms with E-state index in [0.29, 0.717) is 36.6 Å². The third-order valence-corrected chi connectivity index (χ3v) is 7.72. The summed E-state index contributed by atoms with van der Waals surface area (Å²) in [4.78, 5) is 14.4. The van der Waals surface area contributed by atoms with Crippen LogP contribution < -0.4 is 5.32 Å². The number of likely N-dealkylation sites (tertiary alicyclic amines) is 1. The van der Waals surface area contributed by atoms with E-state index in [1.807, 2.05) is 13.8 Å². The summed E-state index contributed by atoms with van der Waals surface area (Å²) in [5, 5.41) is 3.55. The van der Waals surface area contributed by atoms with E-state index in [1.54, 1.807) is 29.2 Å². The molecule has 4 rings (SSSR count). The molecule has 1 aromatic rings. The molecule has 2 saturated carbocycles. The van der Waals surface area contributed by atoms with Crippen LogP contribution in [0.15, 0.2) is 24.3 Å². The monoisotopic (exact) mass is 428 g/mol. The number of rotatable bonds is 5. The molecule has 1 unspecified atom stereocenters. The molecule has 1 amide bonds. The molecule has 160 valence electrons. The number of halogens is 4. The zero-order valence-corrected chi connectivity index (χ0v) is 17.6. The number of hydrogen-bond acceptors (Lipinski definition) is 2. The van der Waals surface area contributed by atoms with E-state index in [9.17, 15) is 18.0 Å². The van der Waals surface area contributed by atoms with Gasteiger partial charge in [0.1, 0.15) is 6.04 Å². The maximum absolute atomic E-state index is 13.5. The van der Waals surface area contributed by atoms with Crippen LogP contribution in [-0.2, 0) is 4.79 Å². The summed E-state index contributed by atoms with van der Waals surface area (Å²) in [6, 6.07) is 5.71.